The summed E-state index contributed by atoms with van der Waals surface area (Å²) in [7, 11) is 1.95. The highest BCUT2D eigenvalue weighted by Gasteiger charge is 2.15. The number of rotatable bonds is 4. The van der Waals surface area contributed by atoms with Gasteiger partial charge in [0.05, 0.1) is 11.7 Å². The van der Waals surface area contributed by atoms with Crippen molar-refractivity contribution < 1.29 is 0 Å². The SMILES string of the molecule is Cc1cc(CC(NN)c2ccc(Cl)cc2C)n(C)n1. The van der Waals surface area contributed by atoms with Crippen LogP contribution in [0.5, 0.6) is 0 Å². The minimum Gasteiger partial charge on any atom is -0.272 e. The average molecular weight is 279 g/mol. The van der Waals surface area contributed by atoms with Crippen LogP contribution in [0.1, 0.15) is 28.6 Å². The van der Waals surface area contributed by atoms with Gasteiger partial charge in [0, 0.05) is 24.2 Å². The second-order valence-electron chi connectivity index (χ2n) is 4.82. The Bertz CT molecular complexity index is 577. The lowest BCUT2D eigenvalue weighted by Gasteiger charge is -2.18. The van der Waals surface area contributed by atoms with Gasteiger partial charge in [0.15, 0.2) is 0 Å². The third kappa shape index (κ3) is 3.15. The molecule has 0 saturated heterocycles. The third-order valence-electron chi connectivity index (χ3n) is 3.32. The van der Waals surface area contributed by atoms with Crippen molar-refractivity contribution in [2.75, 3.05) is 0 Å². The van der Waals surface area contributed by atoms with E-state index in [1.807, 2.05) is 43.8 Å². The zero-order chi connectivity index (χ0) is 14.0. The van der Waals surface area contributed by atoms with E-state index in [0.717, 1.165) is 34.0 Å². The lowest BCUT2D eigenvalue weighted by Crippen LogP contribution is -2.30. The van der Waals surface area contributed by atoms with Crippen molar-refractivity contribution in [3.8, 4) is 0 Å². The number of aryl methyl sites for hydroxylation is 3. The molecule has 19 heavy (non-hydrogen) atoms. The maximum Gasteiger partial charge on any atom is 0.0596 e. The highest BCUT2D eigenvalue weighted by molar-refractivity contribution is 6.30. The molecule has 0 aliphatic heterocycles. The smallest absolute Gasteiger partial charge is 0.0596 e. The molecule has 0 fully saturated rings. The molecule has 0 spiro atoms. The van der Waals surface area contributed by atoms with Crippen molar-refractivity contribution in [2.24, 2.45) is 12.9 Å². The monoisotopic (exact) mass is 278 g/mol. The molecule has 0 saturated carbocycles. The lowest BCUT2D eigenvalue weighted by atomic mass is 9.98. The number of hydrazine groups is 1. The first-order chi connectivity index (χ1) is 9.01. The van der Waals surface area contributed by atoms with Crippen molar-refractivity contribution in [2.45, 2.75) is 26.3 Å². The van der Waals surface area contributed by atoms with Crippen molar-refractivity contribution >= 4 is 11.6 Å². The number of nitrogens with zero attached hydrogens (tertiary/aromatic N) is 2. The molecule has 102 valence electrons. The quantitative estimate of drug-likeness (QED) is 0.667. The summed E-state index contributed by atoms with van der Waals surface area (Å²) < 4.78 is 1.89. The molecule has 2 rings (SSSR count). The molecular weight excluding hydrogens is 260 g/mol. The second kappa shape index (κ2) is 5.74. The summed E-state index contributed by atoms with van der Waals surface area (Å²) in [5.74, 6) is 5.70. The molecule has 1 aromatic carbocycles. The van der Waals surface area contributed by atoms with Gasteiger partial charge in [0.25, 0.3) is 0 Å². The van der Waals surface area contributed by atoms with Crippen molar-refractivity contribution in [1.29, 1.82) is 0 Å². The standard InChI is InChI=1S/C14H19ClN4/c1-9-6-11(15)4-5-13(9)14(17-16)8-12-7-10(2)18-19(12)3/h4-7,14,17H,8,16H2,1-3H3. The van der Waals surface area contributed by atoms with Gasteiger partial charge in [-0.2, -0.15) is 5.10 Å². The third-order valence-corrected chi connectivity index (χ3v) is 3.56. The first kappa shape index (κ1) is 14.1. The van der Waals surface area contributed by atoms with Crippen LogP contribution in [0.25, 0.3) is 0 Å². The summed E-state index contributed by atoms with van der Waals surface area (Å²) >= 11 is 5.99. The van der Waals surface area contributed by atoms with Crippen LogP contribution in [-0.2, 0) is 13.5 Å². The van der Waals surface area contributed by atoms with E-state index >= 15 is 0 Å². The van der Waals surface area contributed by atoms with E-state index in [4.69, 9.17) is 17.4 Å². The number of halogens is 1. The molecule has 0 aliphatic rings. The molecule has 0 radical (unpaired) electrons. The Morgan fingerprint density at radius 1 is 1.37 bits per heavy atom. The van der Waals surface area contributed by atoms with Crippen LogP contribution >= 0.6 is 11.6 Å². The summed E-state index contributed by atoms with van der Waals surface area (Å²) in [6, 6.07) is 7.99. The van der Waals surface area contributed by atoms with Gasteiger partial charge in [-0.3, -0.25) is 16.0 Å². The van der Waals surface area contributed by atoms with E-state index < -0.39 is 0 Å². The number of nitrogens with two attached hydrogens (primary N) is 1. The van der Waals surface area contributed by atoms with Gasteiger partial charge in [-0.15, -0.1) is 0 Å². The Balaban J connectivity index is 2.27. The Morgan fingerprint density at radius 3 is 2.63 bits per heavy atom. The van der Waals surface area contributed by atoms with Gasteiger partial charge in [-0.25, -0.2) is 0 Å². The van der Waals surface area contributed by atoms with E-state index in [-0.39, 0.29) is 6.04 Å². The normalized spacial score (nSPS) is 12.7. The Morgan fingerprint density at radius 2 is 2.11 bits per heavy atom. The molecule has 2 aromatic rings. The molecule has 4 nitrogen and oxygen atoms in total. The number of benzene rings is 1. The van der Waals surface area contributed by atoms with Gasteiger partial charge in [-0.1, -0.05) is 17.7 Å². The second-order valence-corrected chi connectivity index (χ2v) is 5.26. The summed E-state index contributed by atoms with van der Waals surface area (Å²) in [5.41, 5.74) is 7.33. The minimum absolute atomic E-state index is 0.0482. The number of aromatic nitrogens is 2. The van der Waals surface area contributed by atoms with Crippen LogP contribution in [0.3, 0.4) is 0 Å². The van der Waals surface area contributed by atoms with Crippen molar-refractivity contribution in [3.05, 3.63) is 51.8 Å². The molecule has 5 heteroatoms. The fourth-order valence-corrected chi connectivity index (χ4v) is 2.58. The Hall–Kier alpha value is -1.36. The molecule has 3 N–H and O–H groups in total. The van der Waals surface area contributed by atoms with E-state index in [2.05, 4.69) is 16.6 Å². The maximum absolute atomic E-state index is 5.99. The average Bonchev–Trinajstić information content (AvgIpc) is 2.65. The number of hydrogen-bond donors (Lipinski definition) is 2. The van der Waals surface area contributed by atoms with Crippen LogP contribution < -0.4 is 11.3 Å². The van der Waals surface area contributed by atoms with Crippen molar-refractivity contribution in [1.82, 2.24) is 15.2 Å². The molecule has 0 bridgehead atoms. The predicted molar refractivity (Wildman–Crippen MR) is 77.9 cm³/mol. The fourth-order valence-electron chi connectivity index (χ4n) is 2.35. The summed E-state index contributed by atoms with van der Waals surface area (Å²) in [6.45, 7) is 4.03. The lowest BCUT2D eigenvalue weighted by molar-refractivity contribution is 0.528. The van der Waals surface area contributed by atoms with Gasteiger partial charge in [-0.05, 0) is 43.2 Å². The minimum atomic E-state index is 0.0482. The van der Waals surface area contributed by atoms with Crippen LogP contribution in [0.2, 0.25) is 5.02 Å². The van der Waals surface area contributed by atoms with Gasteiger partial charge in [0.2, 0.25) is 0 Å². The van der Waals surface area contributed by atoms with Gasteiger partial charge >= 0.3 is 0 Å². The van der Waals surface area contributed by atoms with Crippen LogP contribution in [0, 0.1) is 13.8 Å². The summed E-state index contributed by atoms with van der Waals surface area (Å²) in [5, 5.41) is 5.10. The van der Waals surface area contributed by atoms with Crippen molar-refractivity contribution in [3.63, 3.8) is 0 Å². The molecule has 1 aromatic heterocycles. The number of hydrogen-bond acceptors (Lipinski definition) is 3. The van der Waals surface area contributed by atoms with E-state index in [0.29, 0.717) is 0 Å². The van der Waals surface area contributed by atoms with Crippen LogP contribution in [0.4, 0.5) is 0 Å². The molecule has 0 amide bonds. The van der Waals surface area contributed by atoms with Gasteiger partial charge in [0.1, 0.15) is 0 Å². The Labute approximate surface area is 118 Å². The first-order valence-corrected chi connectivity index (χ1v) is 6.60. The molecule has 0 aliphatic carbocycles. The Kier molecular flexibility index (Phi) is 4.24. The molecule has 1 heterocycles. The highest BCUT2D eigenvalue weighted by Crippen LogP contribution is 2.24. The van der Waals surface area contributed by atoms with E-state index in [9.17, 15) is 0 Å². The molecular formula is C14H19ClN4. The molecule has 1 atom stereocenters. The first-order valence-electron chi connectivity index (χ1n) is 6.23. The summed E-state index contributed by atoms with van der Waals surface area (Å²) in [4.78, 5) is 0. The zero-order valence-corrected chi connectivity index (χ0v) is 12.2. The van der Waals surface area contributed by atoms with E-state index in [1.54, 1.807) is 0 Å². The zero-order valence-electron chi connectivity index (χ0n) is 11.4. The van der Waals surface area contributed by atoms with E-state index in [1.165, 1.54) is 0 Å². The topological polar surface area (TPSA) is 55.9 Å². The largest absolute Gasteiger partial charge is 0.272 e. The van der Waals surface area contributed by atoms with Gasteiger partial charge < -0.3 is 0 Å². The maximum atomic E-state index is 5.99. The predicted octanol–water partition coefficient (Wildman–Crippen LogP) is 2.44. The number of nitrogens with one attached hydrogen (secondary N) is 1. The molecule has 1 unspecified atom stereocenters. The fraction of sp³-hybridized carbons (Fsp3) is 0.357. The van der Waals surface area contributed by atoms with Crippen LogP contribution in [-0.4, -0.2) is 9.78 Å². The highest BCUT2D eigenvalue weighted by atomic mass is 35.5. The summed E-state index contributed by atoms with van der Waals surface area (Å²) in [6.07, 6.45) is 0.788. The van der Waals surface area contributed by atoms with Crippen LogP contribution in [0.15, 0.2) is 24.3 Å².